The van der Waals surface area contributed by atoms with Gasteiger partial charge in [0.15, 0.2) is 5.78 Å². The molecule has 27 heavy (non-hydrogen) atoms. The van der Waals surface area contributed by atoms with Crippen molar-refractivity contribution in [3.8, 4) is 11.1 Å². The van der Waals surface area contributed by atoms with Crippen LogP contribution in [0.15, 0.2) is 53.0 Å². The van der Waals surface area contributed by atoms with Gasteiger partial charge < -0.3 is 9.80 Å². The van der Waals surface area contributed by atoms with Crippen LogP contribution in [0.25, 0.3) is 22.0 Å². The van der Waals surface area contributed by atoms with Crippen molar-refractivity contribution in [1.82, 2.24) is 9.88 Å². The van der Waals surface area contributed by atoms with Gasteiger partial charge in [-0.1, -0.05) is 46.3 Å². The van der Waals surface area contributed by atoms with Crippen molar-refractivity contribution < 1.29 is 4.79 Å². The van der Waals surface area contributed by atoms with E-state index in [4.69, 9.17) is 4.98 Å². The van der Waals surface area contributed by atoms with Gasteiger partial charge in [-0.15, -0.1) is 0 Å². The van der Waals surface area contributed by atoms with Crippen LogP contribution in [0.3, 0.4) is 0 Å². The van der Waals surface area contributed by atoms with Crippen LogP contribution in [0.4, 0.5) is 5.82 Å². The Bertz CT molecular complexity index is 995. The molecular formula is C22H22BrN3O. The highest BCUT2D eigenvalue weighted by Crippen LogP contribution is 2.38. The predicted molar refractivity (Wildman–Crippen MR) is 115 cm³/mol. The second kappa shape index (κ2) is 7.41. The van der Waals surface area contributed by atoms with Crippen molar-refractivity contribution in [2.24, 2.45) is 0 Å². The number of fused-ring (bicyclic) bond motifs is 1. The van der Waals surface area contributed by atoms with E-state index in [1.54, 1.807) is 6.92 Å². The molecule has 5 heteroatoms. The molecule has 0 amide bonds. The van der Waals surface area contributed by atoms with Gasteiger partial charge >= 0.3 is 0 Å². The van der Waals surface area contributed by atoms with Crippen molar-refractivity contribution in [1.29, 1.82) is 0 Å². The number of carbonyl (C=O) groups is 1. The molecule has 4 rings (SSSR count). The summed E-state index contributed by atoms with van der Waals surface area (Å²) in [7, 11) is 2.13. The minimum atomic E-state index is 0.0529. The Labute approximate surface area is 167 Å². The number of piperazine rings is 1. The third kappa shape index (κ3) is 3.49. The average molecular weight is 424 g/mol. The number of ketones is 1. The summed E-state index contributed by atoms with van der Waals surface area (Å²) in [5.74, 6) is 0.862. The Hall–Kier alpha value is -2.24. The SMILES string of the molecule is CC(=O)c1c(N2CCN(C)CC2)nc2ccc(Br)cc2c1-c1ccccc1. The van der Waals surface area contributed by atoms with Gasteiger partial charge in [0.2, 0.25) is 0 Å². The summed E-state index contributed by atoms with van der Waals surface area (Å²) in [6.07, 6.45) is 0. The van der Waals surface area contributed by atoms with Crippen LogP contribution in [0.2, 0.25) is 0 Å². The second-order valence-electron chi connectivity index (χ2n) is 7.06. The number of halogens is 1. The number of hydrogen-bond donors (Lipinski definition) is 0. The molecule has 1 saturated heterocycles. The zero-order valence-electron chi connectivity index (χ0n) is 15.6. The molecule has 2 aromatic carbocycles. The Morgan fingerprint density at radius 2 is 1.74 bits per heavy atom. The topological polar surface area (TPSA) is 36.4 Å². The molecule has 1 aliphatic rings. The van der Waals surface area contributed by atoms with Crippen LogP contribution in [-0.2, 0) is 0 Å². The van der Waals surface area contributed by atoms with Crippen LogP contribution in [0, 0.1) is 0 Å². The van der Waals surface area contributed by atoms with E-state index in [-0.39, 0.29) is 5.78 Å². The third-order valence-corrected chi connectivity index (χ3v) is 5.64. The van der Waals surface area contributed by atoms with Crippen molar-refractivity contribution >= 4 is 38.4 Å². The fraction of sp³-hybridized carbons (Fsp3) is 0.273. The van der Waals surface area contributed by atoms with Crippen molar-refractivity contribution in [2.75, 3.05) is 38.1 Å². The molecule has 0 spiro atoms. The van der Waals surface area contributed by atoms with Gasteiger partial charge in [0, 0.05) is 41.6 Å². The number of aromatic nitrogens is 1. The molecule has 1 aliphatic heterocycles. The van der Waals surface area contributed by atoms with Crippen LogP contribution in [0.1, 0.15) is 17.3 Å². The normalized spacial score (nSPS) is 15.3. The number of benzene rings is 2. The van der Waals surface area contributed by atoms with Crippen molar-refractivity contribution in [3.05, 3.63) is 58.6 Å². The number of rotatable bonds is 3. The predicted octanol–water partition coefficient (Wildman–Crippen LogP) is 4.62. The molecule has 1 aromatic heterocycles. The number of nitrogens with zero attached hydrogens (tertiary/aromatic N) is 3. The van der Waals surface area contributed by atoms with E-state index in [0.717, 1.165) is 64.1 Å². The largest absolute Gasteiger partial charge is 0.353 e. The van der Waals surface area contributed by atoms with E-state index >= 15 is 0 Å². The average Bonchev–Trinajstić information content (AvgIpc) is 2.67. The fourth-order valence-electron chi connectivity index (χ4n) is 3.71. The second-order valence-corrected chi connectivity index (χ2v) is 7.98. The molecule has 0 unspecified atom stereocenters. The van der Waals surface area contributed by atoms with Gasteiger partial charge in [0.25, 0.3) is 0 Å². The molecule has 1 fully saturated rings. The van der Waals surface area contributed by atoms with Crippen molar-refractivity contribution in [3.63, 3.8) is 0 Å². The zero-order chi connectivity index (χ0) is 19.0. The first-order valence-corrected chi connectivity index (χ1v) is 9.97. The summed E-state index contributed by atoms with van der Waals surface area (Å²) >= 11 is 3.57. The molecule has 0 saturated carbocycles. The van der Waals surface area contributed by atoms with Crippen LogP contribution in [-0.4, -0.2) is 48.9 Å². The summed E-state index contributed by atoms with van der Waals surface area (Å²) in [6.45, 7) is 5.34. The Kier molecular flexibility index (Phi) is 4.98. The number of pyridine rings is 1. The van der Waals surface area contributed by atoms with Crippen molar-refractivity contribution in [2.45, 2.75) is 6.92 Å². The molecule has 2 heterocycles. The summed E-state index contributed by atoms with van der Waals surface area (Å²) in [5, 5.41) is 0.999. The van der Waals surface area contributed by atoms with E-state index in [9.17, 15) is 4.79 Å². The maximum absolute atomic E-state index is 12.8. The minimum Gasteiger partial charge on any atom is -0.353 e. The molecule has 0 N–H and O–H groups in total. The summed E-state index contributed by atoms with van der Waals surface area (Å²) in [4.78, 5) is 22.3. The summed E-state index contributed by atoms with van der Waals surface area (Å²) in [5.41, 5.74) is 3.65. The van der Waals surface area contributed by atoms with E-state index in [1.807, 2.05) is 30.3 Å². The number of anilines is 1. The Morgan fingerprint density at radius 1 is 1.04 bits per heavy atom. The van der Waals surface area contributed by atoms with Gasteiger partial charge in [-0.2, -0.15) is 0 Å². The number of hydrogen-bond acceptors (Lipinski definition) is 4. The first-order chi connectivity index (χ1) is 13.0. The lowest BCUT2D eigenvalue weighted by atomic mass is 9.93. The molecule has 138 valence electrons. The molecule has 0 radical (unpaired) electrons. The standard InChI is InChI=1S/C22H22BrN3O/c1-15(27)20-21(16-6-4-3-5-7-16)18-14-17(23)8-9-19(18)24-22(20)26-12-10-25(2)11-13-26/h3-9,14H,10-13H2,1-2H3. The maximum atomic E-state index is 12.8. The maximum Gasteiger partial charge on any atom is 0.164 e. The number of carbonyl (C=O) groups excluding carboxylic acids is 1. The molecule has 4 nitrogen and oxygen atoms in total. The quantitative estimate of drug-likeness (QED) is 0.575. The lowest BCUT2D eigenvalue weighted by Crippen LogP contribution is -2.45. The van der Waals surface area contributed by atoms with Gasteiger partial charge in [-0.05, 0) is 37.7 Å². The van der Waals surface area contributed by atoms with Crippen LogP contribution < -0.4 is 4.90 Å². The fourth-order valence-corrected chi connectivity index (χ4v) is 4.07. The minimum absolute atomic E-state index is 0.0529. The molecular weight excluding hydrogens is 402 g/mol. The Balaban J connectivity index is 2.03. The highest BCUT2D eigenvalue weighted by atomic mass is 79.9. The van der Waals surface area contributed by atoms with E-state index in [1.165, 1.54) is 0 Å². The van der Waals surface area contributed by atoms with Gasteiger partial charge in [0.1, 0.15) is 5.82 Å². The number of likely N-dealkylation sites (N-methyl/N-ethyl adjacent to an activating group) is 1. The lowest BCUT2D eigenvalue weighted by molar-refractivity contribution is 0.101. The number of Topliss-reactive ketones (excluding diaryl/α,β-unsaturated/α-hetero) is 1. The van der Waals surface area contributed by atoms with Crippen LogP contribution >= 0.6 is 15.9 Å². The summed E-state index contributed by atoms with van der Waals surface area (Å²) < 4.78 is 0.982. The molecule has 0 bridgehead atoms. The van der Waals surface area contributed by atoms with Crippen LogP contribution in [0.5, 0.6) is 0 Å². The first kappa shape index (κ1) is 18.1. The monoisotopic (exact) mass is 423 g/mol. The summed E-state index contributed by atoms with van der Waals surface area (Å²) in [6, 6.07) is 16.2. The van der Waals surface area contributed by atoms with Gasteiger partial charge in [-0.3, -0.25) is 4.79 Å². The van der Waals surface area contributed by atoms with E-state index in [2.05, 4.69) is 51.0 Å². The first-order valence-electron chi connectivity index (χ1n) is 9.17. The van der Waals surface area contributed by atoms with E-state index in [0.29, 0.717) is 0 Å². The van der Waals surface area contributed by atoms with Gasteiger partial charge in [-0.25, -0.2) is 4.98 Å². The molecule has 0 aliphatic carbocycles. The van der Waals surface area contributed by atoms with E-state index < -0.39 is 0 Å². The molecule has 0 atom stereocenters. The Morgan fingerprint density at radius 3 is 2.41 bits per heavy atom. The van der Waals surface area contributed by atoms with Gasteiger partial charge in [0.05, 0.1) is 11.1 Å². The third-order valence-electron chi connectivity index (χ3n) is 5.15. The highest BCUT2D eigenvalue weighted by Gasteiger charge is 2.25. The smallest absolute Gasteiger partial charge is 0.164 e. The lowest BCUT2D eigenvalue weighted by Gasteiger charge is -2.34. The molecule has 3 aromatic rings. The zero-order valence-corrected chi connectivity index (χ0v) is 17.2. The highest BCUT2D eigenvalue weighted by molar-refractivity contribution is 9.10.